The van der Waals surface area contributed by atoms with Crippen molar-refractivity contribution < 1.29 is 19.4 Å². The Labute approximate surface area is 102 Å². The first-order valence-corrected chi connectivity index (χ1v) is 5.59. The second-order valence-corrected chi connectivity index (χ2v) is 3.74. The number of esters is 1. The average molecular weight is 238 g/mol. The van der Waals surface area contributed by atoms with E-state index in [-0.39, 0.29) is 12.0 Å². The minimum atomic E-state index is -1.18. The van der Waals surface area contributed by atoms with Crippen molar-refractivity contribution in [1.82, 2.24) is 0 Å². The summed E-state index contributed by atoms with van der Waals surface area (Å²) in [7, 11) is 0. The lowest BCUT2D eigenvalue weighted by Crippen LogP contribution is -2.23. The average Bonchev–Trinajstić information content (AvgIpc) is 2.30. The molecule has 0 heterocycles. The van der Waals surface area contributed by atoms with Gasteiger partial charge in [0.2, 0.25) is 0 Å². The molecule has 4 heteroatoms. The van der Waals surface area contributed by atoms with Crippen LogP contribution in [0.2, 0.25) is 0 Å². The maximum Gasteiger partial charge on any atom is 0.331 e. The number of aliphatic carboxylic acids is 1. The quantitative estimate of drug-likeness (QED) is 0.418. The Bertz CT molecular complexity index is 325. The Hall–Kier alpha value is -1.76. The van der Waals surface area contributed by atoms with Gasteiger partial charge in [0.1, 0.15) is 6.10 Å². The molecule has 0 radical (unpaired) electrons. The first-order valence-electron chi connectivity index (χ1n) is 5.59. The number of carbonyl (C=O) groups excluding carboxylic acids is 1. The Morgan fingerprint density at radius 1 is 1.47 bits per heavy atom. The summed E-state index contributed by atoms with van der Waals surface area (Å²) >= 11 is 0. The Morgan fingerprint density at radius 3 is 2.59 bits per heavy atom. The van der Waals surface area contributed by atoms with Gasteiger partial charge in [-0.25, -0.2) is 9.59 Å². The molecule has 0 spiro atoms. The van der Waals surface area contributed by atoms with Gasteiger partial charge in [0.15, 0.2) is 0 Å². The van der Waals surface area contributed by atoms with E-state index < -0.39 is 11.9 Å². The third-order valence-electron chi connectivity index (χ3n) is 2.29. The van der Waals surface area contributed by atoms with Crippen LogP contribution in [0.15, 0.2) is 12.2 Å². The molecule has 0 saturated heterocycles. The minimum Gasteiger partial charge on any atom is -0.478 e. The molecule has 0 aliphatic heterocycles. The van der Waals surface area contributed by atoms with E-state index in [0.29, 0.717) is 6.42 Å². The Balaban J connectivity index is 4.37. The van der Waals surface area contributed by atoms with Crippen LogP contribution >= 0.6 is 0 Å². The molecule has 2 atom stereocenters. The molecule has 0 aliphatic carbocycles. The highest BCUT2D eigenvalue weighted by molar-refractivity contribution is 5.90. The van der Waals surface area contributed by atoms with E-state index in [1.807, 2.05) is 6.92 Å². The van der Waals surface area contributed by atoms with E-state index >= 15 is 0 Å². The van der Waals surface area contributed by atoms with Crippen LogP contribution in [0.1, 0.15) is 33.1 Å². The zero-order chi connectivity index (χ0) is 13.3. The van der Waals surface area contributed by atoms with Gasteiger partial charge in [-0.3, -0.25) is 0 Å². The zero-order valence-electron chi connectivity index (χ0n) is 10.2. The normalized spacial score (nSPS) is 13.9. The number of carbonyl (C=O) groups is 2. The van der Waals surface area contributed by atoms with Crippen molar-refractivity contribution in [3.05, 3.63) is 12.2 Å². The number of ether oxygens (including phenoxy) is 1. The first kappa shape index (κ1) is 15.2. The number of carboxylic acid groups (broad SMARTS) is 1. The Kier molecular flexibility index (Phi) is 7.53. The molecule has 0 aromatic rings. The second kappa shape index (κ2) is 8.40. The third kappa shape index (κ3) is 7.18. The van der Waals surface area contributed by atoms with Crippen molar-refractivity contribution >= 4 is 11.9 Å². The molecule has 0 aliphatic rings. The monoisotopic (exact) mass is 238 g/mol. The van der Waals surface area contributed by atoms with Gasteiger partial charge in [0.05, 0.1) is 5.92 Å². The summed E-state index contributed by atoms with van der Waals surface area (Å²) in [4.78, 5) is 21.5. The summed E-state index contributed by atoms with van der Waals surface area (Å²) < 4.78 is 5.12. The largest absolute Gasteiger partial charge is 0.478 e. The fourth-order valence-corrected chi connectivity index (χ4v) is 1.25. The van der Waals surface area contributed by atoms with Gasteiger partial charge in [-0.1, -0.05) is 19.3 Å². The lowest BCUT2D eigenvalue weighted by atomic mass is 10.0. The molecule has 0 aromatic heterocycles. The molecule has 4 nitrogen and oxygen atoms in total. The van der Waals surface area contributed by atoms with Gasteiger partial charge in [0.25, 0.3) is 0 Å². The van der Waals surface area contributed by atoms with Crippen molar-refractivity contribution in [3.63, 3.8) is 0 Å². The first-order chi connectivity index (χ1) is 8.01. The highest BCUT2D eigenvalue weighted by Gasteiger charge is 2.18. The minimum absolute atomic E-state index is 0.177. The van der Waals surface area contributed by atoms with Crippen LogP contribution in [0.4, 0.5) is 0 Å². The van der Waals surface area contributed by atoms with Crippen molar-refractivity contribution in [1.29, 1.82) is 0 Å². The molecule has 0 rings (SSSR count). The van der Waals surface area contributed by atoms with E-state index in [2.05, 4.69) is 5.92 Å². The lowest BCUT2D eigenvalue weighted by molar-refractivity contribution is -0.145. The highest BCUT2D eigenvalue weighted by atomic mass is 16.5. The maximum absolute atomic E-state index is 11.3. The van der Waals surface area contributed by atoms with Crippen LogP contribution in [-0.4, -0.2) is 23.1 Å². The van der Waals surface area contributed by atoms with Crippen molar-refractivity contribution in [2.45, 2.75) is 39.2 Å². The number of unbranched alkanes of at least 4 members (excludes halogenated alkanes) is 1. The molecule has 2 unspecified atom stereocenters. The van der Waals surface area contributed by atoms with Gasteiger partial charge in [-0.2, -0.15) is 0 Å². The van der Waals surface area contributed by atoms with Crippen LogP contribution in [-0.2, 0) is 14.3 Å². The van der Waals surface area contributed by atoms with Crippen LogP contribution in [0.3, 0.4) is 0 Å². The predicted octanol–water partition coefficient (Wildman–Crippen LogP) is 2.00. The summed E-state index contributed by atoms with van der Waals surface area (Å²) in [6, 6.07) is 0. The van der Waals surface area contributed by atoms with E-state index in [4.69, 9.17) is 16.3 Å². The summed E-state index contributed by atoms with van der Waals surface area (Å²) in [5.74, 6) is 0.495. The number of terminal acetylenes is 1. The van der Waals surface area contributed by atoms with Crippen LogP contribution < -0.4 is 0 Å². The number of hydrogen-bond donors (Lipinski definition) is 1. The van der Waals surface area contributed by atoms with Gasteiger partial charge < -0.3 is 9.84 Å². The van der Waals surface area contributed by atoms with Crippen LogP contribution in [0.5, 0.6) is 0 Å². The highest BCUT2D eigenvalue weighted by Crippen LogP contribution is 2.14. The summed E-state index contributed by atoms with van der Waals surface area (Å²) in [5.41, 5.74) is 0. The van der Waals surface area contributed by atoms with Gasteiger partial charge in [0, 0.05) is 12.2 Å². The third-order valence-corrected chi connectivity index (χ3v) is 2.29. The Morgan fingerprint density at radius 2 is 2.12 bits per heavy atom. The van der Waals surface area contributed by atoms with E-state index in [0.717, 1.165) is 25.0 Å². The topological polar surface area (TPSA) is 63.6 Å². The van der Waals surface area contributed by atoms with Gasteiger partial charge in [-0.05, 0) is 19.8 Å². The van der Waals surface area contributed by atoms with Gasteiger partial charge in [-0.15, -0.1) is 6.42 Å². The molecule has 0 aromatic carbocycles. The van der Waals surface area contributed by atoms with E-state index in [9.17, 15) is 9.59 Å². The fraction of sp³-hybridized carbons (Fsp3) is 0.538. The molecule has 0 bridgehead atoms. The molecule has 1 N–H and O–H groups in total. The van der Waals surface area contributed by atoms with Crippen LogP contribution in [0.25, 0.3) is 0 Å². The van der Waals surface area contributed by atoms with Gasteiger partial charge >= 0.3 is 11.9 Å². The van der Waals surface area contributed by atoms with Crippen molar-refractivity contribution in [3.8, 4) is 12.3 Å². The number of hydrogen-bond acceptors (Lipinski definition) is 3. The number of rotatable bonds is 7. The second-order valence-electron chi connectivity index (χ2n) is 3.74. The molecular formula is C13H18O4. The standard InChI is InChI=1S/C13H18O4/c1-4-6-7-11(10(3)5-2)17-13(16)9-8-12(14)15/h2,8-11H,4,6-7H2,1,3H3,(H,14,15)/b9-8+. The maximum atomic E-state index is 11.3. The molecule has 0 fully saturated rings. The molecule has 0 saturated carbocycles. The fourth-order valence-electron chi connectivity index (χ4n) is 1.25. The zero-order valence-corrected chi connectivity index (χ0v) is 10.2. The SMILES string of the molecule is C#CC(C)C(CCCC)OC(=O)/C=C/C(=O)O. The van der Waals surface area contributed by atoms with Crippen LogP contribution in [0, 0.1) is 18.3 Å². The summed E-state index contributed by atoms with van der Waals surface area (Å²) in [5, 5.41) is 8.37. The smallest absolute Gasteiger partial charge is 0.331 e. The molecular weight excluding hydrogens is 220 g/mol. The molecule has 94 valence electrons. The summed E-state index contributed by atoms with van der Waals surface area (Å²) in [6.07, 6.45) is 9.16. The van der Waals surface area contributed by atoms with Crippen molar-refractivity contribution in [2.24, 2.45) is 5.92 Å². The van der Waals surface area contributed by atoms with Crippen molar-refractivity contribution in [2.75, 3.05) is 0 Å². The van der Waals surface area contributed by atoms with E-state index in [1.165, 1.54) is 0 Å². The summed E-state index contributed by atoms with van der Waals surface area (Å²) in [6.45, 7) is 3.83. The lowest BCUT2D eigenvalue weighted by Gasteiger charge is -2.19. The van der Waals surface area contributed by atoms with E-state index in [1.54, 1.807) is 6.92 Å². The predicted molar refractivity (Wildman–Crippen MR) is 64.2 cm³/mol. The molecule has 17 heavy (non-hydrogen) atoms. The molecule has 0 amide bonds. The number of carboxylic acids is 1.